The van der Waals surface area contributed by atoms with Crippen molar-refractivity contribution in [1.29, 1.82) is 0 Å². The van der Waals surface area contributed by atoms with E-state index in [2.05, 4.69) is 0 Å². The number of halogens is 1. The van der Waals surface area contributed by atoms with Crippen LogP contribution in [0.3, 0.4) is 0 Å². The van der Waals surface area contributed by atoms with Gasteiger partial charge in [0.15, 0.2) is 0 Å². The molecule has 0 aliphatic carbocycles. The van der Waals surface area contributed by atoms with Crippen molar-refractivity contribution in [2.45, 2.75) is 0 Å². The molecule has 0 radical (unpaired) electrons. The Balaban J connectivity index is 3.89. The SMILES string of the molecule is O=S(=O)(O)CC#CCl. The molecular weight excluding hydrogens is 152 g/mol. The molecule has 0 heterocycles. The molecule has 0 aromatic rings. The molecular formula is C3H3ClO3S. The number of hydrogen-bond donors (Lipinski definition) is 1. The van der Waals surface area contributed by atoms with Crippen LogP contribution in [-0.2, 0) is 10.1 Å². The molecule has 0 unspecified atom stereocenters. The van der Waals surface area contributed by atoms with E-state index in [1.54, 1.807) is 0 Å². The summed E-state index contributed by atoms with van der Waals surface area (Å²) in [5.74, 6) is 1.36. The summed E-state index contributed by atoms with van der Waals surface area (Å²) in [4.78, 5) is 0. The van der Waals surface area contributed by atoms with Gasteiger partial charge in [0.2, 0.25) is 0 Å². The largest absolute Gasteiger partial charge is 0.285 e. The van der Waals surface area contributed by atoms with E-state index in [0.29, 0.717) is 0 Å². The maximum absolute atomic E-state index is 9.78. The summed E-state index contributed by atoms with van der Waals surface area (Å²) >= 11 is 4.77. The molecule has 5 heteroatoms. The molecule has 0 fully saturated rings. The summed E-state index contributed by atoms with van der Waals surface area (Å²) in [5, 5.41) is 1.81. The van der Waals surface area contributed by atoms with Crippen LogP contribution in [0.15, 0.2) is 0 Å². The fourth-order valence-corrected chi connectivity index (χ4v) is 0.519. The van der Waals surface area contributed by atoms with Gasteiger partial charge in [-0.3, -0.25) is 4.55 Å². The molecule has 46 valence electrons. The Morgan fingerprint density at radius 1 is 1.62 bits per heavy atom. The minimum Gasteiger partial charge on any atom is -0.285 e. The van der Waals surface area contributed by atoms with E-state index in [0.717, 1.165) is 0 Å². The average Bonchev–Trinajstić information content (AvgIpc) is 1.59. The van der Waals surface area contributed by atoms with E-state index in [1.165, 1.54) is 0 Å². The van der Waals surface area contributed by atoms with Gasteiger partial charge in [0.25, 0.3) is 10.1 Å². The van der Waals surface area contributed by atoms with Gasteiger partial charge >= 0.3 is 0 Å². The highest BCUT2D eigenvalue weighted by Gasteiger charge is 1.97. The van der Waals surface area contributed by atoms with Gasteiger partial charge in [-0.15, -0.1) is 0 Å². The number of hydrogen-bond acceptors (Lipinski definition) is 2. The highest BCUT2D eigenvalue weighted by Crippen LogP contribution is 1.77. The number of rotatable bonds is 1. The highest BCUT2D eigenvalue weighted by atomic mass is 35.5. The Labute approximate surface area is 52.4 Å². The monoisotopic (exact) mass is 154 g/mol. The highest BCUT2D eigenvalue weighted by molar-refractivity contribution is 7.86. The van der Waals surface area contributed by atoms with Crippen molar-refractivity contribution in [3.8, 4) is 11.3 Å². The molecule has 0 bridgehead atoms. The van der Waals surface area contributed by atoms with Crippen molar-refractivity contribution < 1.29 is 13.0 Å². The molecule has 3 nitrogen and oxygen atoms in total. The van der Waals surface area contributed by atoms with Crippen LogP contribution in [0.5, 0.6) is 0 Å². The smallest absolute Gasteiger partial charge is 0.276 e. The standard InChI is InChI=1S/C3H3ClO3S/c4-2-1-3-8(5,6)7/h3H2,(H,5,6,7). The first kappa shape index (κ1) is 7.76. The Kier molecular flexibility index (Phi) is 2.84. The van der Waals surface area contributed by atoms with Crippen LogP contribution >= 0.6 is 11.6 Å². The Bertz CT molecular complexity index is 206. The van der Waals surface area contributed by atoms with Crippen LogP contribution < -0.4 is 0 Å². The van der Waals surface area contributed by atoms with Gasteiger partial charge in [-0.25, -0.2) is 0 Å². The molecule has 0 aliphatic rings. The zero-order valence-electron chi connectivity index (χ0n) is 3.76. The lowest BCUT2D eigenvalue weighted by Crippen LogP contribution is -2.00. The van der Waals surface area contributed by atoms with E-state index in [9.17, 15) is 8.42 Å². The van der Waals surface area contributed by atoms with Crippen molar-refractivity contribution in [3.05, 3.63) is 0 Å². The molecule has 0 saturated carbocycles. The predicted molar refractivity (Wildman–Crippen MR) is 30.0 cm³/mol. The molecule has 8 heavy (non-hydrogen) atoms. The van der Waals surface area contributed by atoms with Crippen LogP contribution in [-0.4, -0.2) is 18.7 Å². The van der Waals surface area contributed by atoms with Gasteiger partial charge in [0, 0.05) is 5.38 Å². The van der Waals surface area contributed by atoms with Gasteiger partial charge in [-0.1, -0.05) is 5.92 Å². The topological polar surface area (TPSA) is 54.4 Å². The fourth-order valence-electron chi connectivity index (χ4n) is 0.118. The zero-order chi connectivity index (χ0) is 6.62. The molecule has 0 aliphatic heterocycles. The van der Waals surface area contributed by atoms with E-state index in [-0.39, 0.29) is 0 Å². The third-order valence-corrected chi connectivity index (χ3v) is 0.964. The van der Waals surface area contributed by atoms with Gasteiger partial charge in [0.05, 0.1) is 0 Å². The lowest BCUT2D eigenvalue weighted by molar-refractivity contribution is 0.487. The first-order valence-corrected chi connectivity index (χ1v) is 3.58. The zero-order valence-corrected chi connectivity index (χ0v) is 5.33. The second-order valence-electron chi connectivity index (χ2n) is 0.998. The summed E-state index contributed by atoms with van der Waals surface area (Å²) in [6.45, 7) is 0. The summed E-state index contributed by atoms with van der Waals surface area (Å²) in [6, 6.07) is 0. The average molecular weight is 155 g/mol. The summed E-state index contributed by atoms with van der Waals surface area (Å²) in [5.41, 5.74) is 0. The molecule has 0 rings (SSSR count). The van der Waals surface area contributed by atoms with Crippen LogP contribution in [0.1, 0.15) is 0 Å². The molecule has 0 amide bonds. The van der Waals surface area contributed by atoms with Crippen LogP contribution in [0.4, 0.5) is 0 Å². The van der Waals surface area contributed by atoms with E-state index < -0.39 is 15.9 Å². The second kappa shape index (κ2) is 2.92. The summed E-state index contributed by atoms with van der Waals surface area (Å²) in [6.07, 6.45) is 0. The molecule has 0 atom stereocenters. The van der Waals surface area contributed by atoms with Crippen molar-refractivity contribution in [3.63, 3.8) is 0 Å². The van der Waals surface area contributed by atoms with Gasteiger partial charge in [0.1, 0.15) is 5.75 Å². The normalized spacial score (nSPS) is 9.75. The molecule has 0 spiro atoms. The van der Waals surface area contributed by atoms with Gasteiger partial charge < -0.3 is 0 Å². The van der Waals surface area contributed by atoms with Gasteiger partial charge in [-0.05, 0) is 11.6 Å². The summed E-state index contributed by atoms with van der Waals surface area (Å²) in [7, 11) is -3.94. The third-order valence-electron chi connectivity index (χ3n) is 0.321. The van der Waals surface area contributed by atoms with Crippen molar-refractivity contribution >= 4 is 21.7 Å². The van der Waals surface area contributed by atoms with E-state index >= 15 is 0 Å². The minimum absolute atomic E-state index is 0.601. The van der Waals surface area contributed by atoms with E-state index in [4.69, 9.17) is 16.2 Å². The summed E-state index contributed by atoms with van der Waals surface area (Å²) < 4.78 is 27.5. The first-order chi connectivity index (χ1) is 3.56. The van der Waals surface area contributed by atoms with Gasteiger partial charge in [-0.2, -0.15) is 8.42 Å². The molecule has 0 aromatic heterocycles. The molecule has 0 saturated heterocycles. The Morgan fingerprint density at radius 3 is 2.25 bits per heavy atom. The first-order valence-electron chi connectivity index (χ1n) is 1.60. The third kappa shape index (κ3) is 5.76. The maximum atomic E-state index is 9.78. The maximum Gasteiger partial charge on any atom is 0.276 e. The minimum atomic E-state index is -3.94. The van der Waals surface area contributed by atoms with Crippen LogP contribution in [0.2, 0.25) is 0 Å². The lowest BCUT2D eigenvalue weighted by Gasteiger charge is -1.80. The van der Waals surface area contributed by atoms with Crippen LogP contribution in [0, 0.1) is 11.3 Å². The van der Waals surface area contributed by atoms with Crippen molar-refractivity contribution in [2.24, 2.45) is 0 Å². The van der Waals surface area contributed by atoms with Crippen LogP contribution in [0.25, 0.3) is 0 Å². The van der Waals surface area contributed by atoms with Crippen molar-refractivity contribution in [2.75, 3.05) is 5.75 Å². The second-order valence-corrected chi connectivity index (χ2v) is 2.64. The Hall–Kier alpha value is -0.240. The molecule has 0 aromatic carbocycles. The molecule has 1 N–H and O–H groups in total. The quantitative estimate of drug-likeness (QED) is 0.430. The van der Waals surface area contributed by atoms with E-state index in [1.807, 2.05) is 11.3 Å². The fraction of sp³-hybridized carbons (Fsp3) is 0.333. The predicted octanol–water partition coefficient (Wildman–Crippen LogP) is 0.0739. The van der Waals surface area contributed by atoms with Crippen molar-refractivity contribution in [1.82, 2.24) is 0 Å². The Morgan fingerprint density at radius 2 is 2.12 bits per heavy atom. The lowest BCUT2D eigenvalue weighted by atomic mass is 10.8.